The summed E-state index contributed by atoms with van der Waals surface area (Å²) in [6.45, 7) is 4.74. The predicted molar refractivity (Wildman–Crippen MR) is 86.8 cm³/mol. The molecule has 0 aromatic heterocycles. The van der Waals surface area contributed by atoms with Crippen LogP contribution in [0.2, 0.25) is 0 Å². The molecule has 3 unspecified atom stereocenters. The molecular weight excluding hydrogens is 330 g/mol. The second-order valence-electron chi connectivity index (χ2n) is 6.13. The van der Waals surface area contributed by atoms with Gasteiger partial charge in [0, 0.05) is 48.7 Å². The standard InChI is InChI=1S/C16H22BrN3O/c1-11(18)16(12-3-2-4-13(17)9-12)19-7-8-20-14(10-19)5-6-15(20)21/h2-4,9,11,14,16H,5-8,10,18H2,1H3. The highest BCUT2D eigenvalue weighted by Gasteiger charge is 2.38. The highest BCUT2D eigenvalue weighted by Crippen LogP contribution is 2.31. The zero-order valence-electron chi connectivity index (χ0n) is 12.3. The lowest BCUT2D eigenvalue weighted by Crippen LogP contribution is -2.54. The van der Waals surface area contributed by atoms with Crippen LogP contribution in [0.5, 0.6) is 0 Å². The highest BCUT2D eigenvalue weighted by atomic mass is 79.9. The SMILES string of the molecule is CC(N)C(c1cccc(Br)c1)N1CCN2C(=O)CCC2C1. The van der Waals surface area contributed by atoms with Crippen LogP contribution >= 0.6 is 15.9 Å². The van der Waals surface area contributed by atoms with Crippen molar-refractivity contribution in [1.82, 2.24) is 9.80 Å². The Labute approximate surface area is 134 Å². The van der Waals surface area contributed by atoms with Crippen LogP contribution in [-0.2, 0) is 4.79 Å². The van der Waals surface area contributed by atoms with Gasteiger partial charge in [-0.2, -0.15) is 0 Å². The summed E-state index contributed by atoms with van der Waals surface area (Å²) in [6.07, 6.45) is 1.69. The molecule has 2 fully saturated rings. The number of benzene rings is 1. The molecule has 0 saturated carbocycles. The number of halogens is 1. The third-order valence-corrected chi connectivity index (χ3v) is 5.10. The van der Waals surface area contributed by atoms with Gasteiger partial charge in [-0.05, 0) is 31.0 Å². The van der Waals surface area contributed by atoms with Gasteiger partial charge in [-0.15, -0.1) is 0 Å². The summed E-state index contributed by atoms with van der Waals surface area (Å²) in [5.41, 5.74) is 7.52. The second-order valence-corrected chi connectivity index (χ2v) is 7.05. The first-order valence-corrected chi connectivity index (χ1v) is 8.40. The van der Waals surface area contributed by atoms with Crippen molar-refractivity contribution in [2.24, 2.45) is 5.73 Å². The summed E-state index contributed by atoms with van der Waals surface area (Å²) < 4.78 is 1.08. The van der Waals surface area contributed by atoms with Gasteiger partial charge < -0.3 is 10.6 Å². The van der Waals surface area contributed by atoms with Gasteiger partial charge >= 0.3 is 0 Å². The molecule has 21 heavy (non-hydrogen) atoms. The third kappa shape index (κ3) is 3.00. The van der Waals surface area contributed by atoms with E-state index >= 15 is 0 Å². The van der Waals surface area contributed by atoms with Crippen LogP contribution < -0.4 is 5.73 Å². The smallest absolute Gasteiger partial charge is 0.222 e. The highest BCUT2D eigenvalue weighted by molar-refractivity contribution is 9.10. The molecule has 2 N–H and O–H groups in total. The number of piperazine rings is 1. The van der Waals surface area contributed by atoms with E-state index in [1.165, 1.54) is 5.56 Å². The van der Waals surface area contributed by atoms with Crippen LogP contribution in [0.3, 0.4) is 0 Å². The van der Waals surface area contributed by atoms with Crippen molar-refractivity contribution in [1.29, 1.82) is 0 Å². The lowest BCUT2D eigenvalue weighted by Gasteiger charge is -2.43. The first kappa shape index (κ1) is 15.0. The Bertz CT molecular complexity index is 534. The van der Waals surface area contributed by atoms with Crippen LogP contribution in [0.25, 0.3) is 0 Å². The number of nitrogens with two attached hydrogens (primary N) is 1. The number of nitrogens with zero attached hydrogens (tertiary/aromatic N) is 2. The molecule has 3 rings (SSSR count). The van der Waals surface area contributed by atoms with E-state index in [9.17, 15) is 4.79 Å². The van der Waals surface area contributed by atoms with Crippen molar-refractivity contribution in [2.45, 2.75) is 37.9 Å². The van der Waals surface area contributed by atoms with Crippen LogP contribution in [0, 0.1) is 0 Å². The number of amides is 1. The van der Waals surface area contributed by atoms with Gasteiger partial charge in [-0.1, -0.05) is 28.1 Å². The maximum atomic E-state index is 11.8. The summed E-state index contributed by atoms with van der Waals surface area (Å²) in [7, 11) is 0. The molecule has 2 saturated heterocycles. The lowest BCUT2D eigenvalue weighted by atomic mass is 9.97. The topological polar surface area (TPSA) is 49.6 Å². The minimum absolute atomic E-state index is 0.0583. The van der Waals surface area contributed by atoms with Crippen LogP contribution in [0.15, 0.2) is 28.7 Å². The molecule has 4 nitrogen and oxygen atoms in total. The molecular formula is C16H22BrN3O. The Balaban J connectivity index is 1.81. The van der Waals surface area contributed by atoms with Gasteiger partial charge in [-0.3, -0.25) is 9.69 Å². The zero-order chi connectivity index (χ0) is 15.0. The van der Waals surface area contributed by atoms with E-state index in [2.05, 4.69) is 50.9 Å². The largest absolute Gasteiger partial charge is 0.337 e. The average Bonchev–Trinajstić information content (AvgIpc) is 2.80. The molecule has 1 amide bonds. The van der Waals surface area contributed by atoms with E-state index in [4.69, 9.17) is 5.73 Å². The van der Waals surface area contributed by atoms with Crippen molar-refractivity contribution in [3.05, 3.63) is 34.3 Å². The van der Waals surface area contributed by atoms with Gasteiger partial charge in [0.1, 0.15) is 0 Å². The van der Waals surface area contributed by atoms with Crippen molar-refractivity contribution >= 4 is 21.8 Å². The van der Waals surface area contributed by atoms with E-state index < -0.39 is 0 Å². The fourth-order valence-electron chi connectivity index (χ4n) is 3.68. The van der Waals surface area contributed by atoms with Gasteiger partial charge in [-0.25, -0.2) is 0 Å². The quantitative estimate of drug-likeness (QED) is 0.907. The summed E-state index contributed by atoms with van der Waals surface area (Å²) in [4.78, 5) is 16.3. The van der Waals surface area contributed by atoms with Crippen molar-refractivity contribution < 1.29 is 4.79 Å². The Morgan fingerprint density at radius 2 is 2.19 bits per heavy atom. The molecule has 1 aromatic carbocycles. The van der Waals surface area contributed by atoms with Crippen molar-refractivity contribution in [3.8, 4) is 0 Å². The second kappa shape index (κ2) is 6.07. The number of carbonyl (C=O) groups excluding carboxylic acids is 1. The van der Waals surface area contributed by atoms with E-state index in [-0.39, 0.29) is 12.1 Å². The maximum Gasteiger partial charge on any atom is 0.222 e. The number of rotatable bonds is 3. The minimum atomic E-state index is 0.0583. The van der Waals surface area contributed by atoms with Gasteiger partial charge in [0.25, 0.3) is 0 Å². The van der Waals surface area contributed by atoms with Gasteiger partial charge in [0.05, 0.1) is 0 Å². The molecule has 1 aromatic rings. The van der Waals surface area contributed by atoms with E-state index in [1.54, 1.807) is 0 Å². The fourth-order valence-corrected chi connectivity index (χ4v) is 4.10. The molecule has 2 heterocycles. The molecule has 0 radical (unpaired) electrons. The van der Waals surface area contributed by atoms with Gasteiger partial charge in [0.15, 0.2) is 0 Å². The average molecular weight is 352 g/mol. The van der Waals surface area contributed by atoms with Crippen LogP contribution in [-0.4, -0.2) is 47.4 Å². The fraction of sp³-hybridized carbons (Fsp3) is 0.562. The zero-order valence-corrected chi connectivity index (χ0v) is 13.9. The summed E-state index contributed by atoms with van der Waals surface area (Å²) in [5, 5.41) is 0. The van der Waals surface area contributed by atoms with E-state index in [0.717, 1.165) is 30.5 Å². The number of fused-ring (bicyclic) bond motifs is 1. The molecule has 5 heteroatoms. The van der Waals surface area contributed by atoms with Crippen molar-refractivity contribution in [2.75, 3.05) is 19.6 Å². The molecule has 114 valence electrons. The predicted octanol–water partition coefficient (Wildman–Crippen LogP) is 2.14. The van der Waals surface area contributed by atoms with Crippen molar-refractivity contribution in [3.63, 3.8) is 0 Å². The number of hydrogen-bond acceptors (Lipinski definition) is 3. The first-order chi connectivity index (χ1) is 10.1. The van der Waals surface area contributed by atoms with E-state index in [1.807, 2.05) is 6.07 Å². The summed E-state index contributed by atoms with van der Waals surface area (Å²) >= 11 is 3.54. The summed E-state index contributed by atoms with van der Waals surface area (Å²) in [6, 6.07) is 9.04. The Morgan fingerprint density at radius 3 is 2.90 bits per heavy atom. The summed E-state index contributed by atoms with van der Waals surface area (Å²) in [5.74, 6) is 0.319. The molecule has 0 spiro atoms. The van der Waals surface area contributed by atoms with Gasteiger partial charge in [0.2, 0.25) is 5.91 Å². The van der Waals surface area contributed by atoms with Crippen LogP contribution in [0.1, 0.15) is 31.4 Å². The number of hydrogen-bond donors (Lipinski definition) is 1. The Morgan fingerprint density at radius 1 is 1.38 bits per heavy atom. The number of carbonyl (C=O) groups is 1. The molecule has 0 aliphatic carbocycles. The normalized spacial score (nSPS) is 25.8. The Kier molecular flexibility index (Phi) is 4.33. The maximum absolute atomic E-state index is 11.8. The lowest BCUT2D eigenvalue weighted by molar-refractivity contribution is -0.131. The van der Waals surface area contributed by atoms with E-state index in [0.29, 0.717) is 18.4 Å². The first-order valence-electron chi connectivity index (χ1n) is 7.61. The molecule has 2 aliphatic heterocycles. The monoisotopic (exact) mass is 351 g/mol. The molecule has 0 bridgehead atoms. The van der Waals surface area contributed by atoms with Crippen LogP contribution in [0.4, 0.5) is 0 Å². The minimum Gasteiger partial charge on any atom is -0.337 e. The Hall–Kier alpha value is -0.910. The third-order valence-electron chi connectivity index (χ3n) is 4.61. The molecule has 2 aliphatic rings. The molecule has 3 atom stereocenters.